The lowest BCUT2D eigenvalue weighted by Gasteiger charge is -2.40. The van der Waals surface area contributed by atoms with Crippen LogP contribution in [0.15, 0.2) is 97.2 Å². The third-order valence-corrected chi connectivity index (χ3v) is 7.57. The van der Waals surface area contributed by atoms with E-state index in [0.717, 1.165) is 19.3 Å². The molecule has 0 aliphatic carbocycles. The lowest BCUT2D eigenvalue weighted by Crippen LogP contribution is -2.60. The maximum Gasteiger partial charge on any atom is 0.309 e. The summed E-state index contributed by atoms with van der Waals surface area (Å²) in [5, 5.41) is 30.6. The highest BCUT2D eigenvalue weighted by Gasteiger charge is 2.46. The molecule has 4 N–H and O–H groups in total. The molecule has 0 radical (unpaired) electrons. The number of carbonyl (C=O) groups is 2. The Kier molecular flexibility index (Phi) is 24.4. The maximum absolute atomic E-state index is 12.6. The van der Waals surface area contributed by atoms with Crippen LogP contribution in [0.3, 0.4) is 0 Å². The number of aliphatic hydroxyl groups excluding tert-OH is 3. The lowest BCUT2D eigenvalue weighted by atomic mass is 10.00. The van der Waals surface area contributed by atoms with Crippen molar-refractivity contribution in [2.75, 3.05) is 19.0 Å². The van der Waals surface area contributed by atoms with Crippen LogP contribution in [0.5, 0.6) is 0 Å². The number of carbonyl (C=O) groups excluding carboxylic acids is 2. The molecule has 1 aliphatic rings. The van der Waals surface area contributed by atoms with Crippen molar-refractivity contribution in [2.45, 2.75) is 102 Å². The van der Waals surface area contributed by atoms with Gasteiger partial charge in [0.25, 0.3) is 10.1 Å². The largest absolute Gasteiger partial charge is 0.461 e. The molecule has 1 heterocycles. The molecular weight excluding hydrogens is 668 g/mol. The summed E-state index contributed by atoms with van der Waals surface area (Å²) in [4.78, 5) is 25.0. The van der Waals surface area contributed by atoms with E-state index in [-0.39, 0.29) is 12.8 Å². The molecule has 1 rings (SSSR count). The van der Waals surface area contributed by atoms with Crippen LogP contribution in [0.1, 0.15) is 65.2 Å². The number of allylic oxidation sites excluding steroid dienone is 15. The summed E-state index contributed by atoms with van der Waals surface area (Å²) in [5.41, 5.74) is 0. The highest BCUT2D eigenvalue weighted by atomic mass is 32.2. The van der Waals surface area contributed by atoms with Gasteiger partial charge in [-0.05, 0) is 38.5 Å². The summed E-state index contributed by atoms with van der Waals surface area (Å²) in [6.45, 7) is 3.26. The fourth-order valence-electron chi connectivity index (χ4n) is 4.23. The zero-order valence-corrected chi connectivity index (χ0v) is 29.8. The Morgan fingerprint density at radius 3 is 1.92 bits per heavy atom. The van der Waals surface area contributed by atoms with Crippen LogP contribution in [0.25, 0.3) is 0 Å². The van der Waals surface area contributed by atoms with E-state index in [1.165, 1.54) is 0 Å². The predicted octanol–water partition coefficient (Wildman–Crippen LogP) is 4.76. The fourth-order valence-corrected chi connectivity index (χ4v) is 4.93. The highest BCUT2D eigenvalue weighted by molar-refractivity contribution is 7.85. The van der Waals surface area contributed by atoms with Gasteiger partial charge in [0.05, 0.1) is 13.0 Å². The van der Waals surface area contributed by atoms with Gasteiger partial charge in [-0.25, -0.2) is 0 Å². The summed E-state index contributed by atoms with van der Waals surface area (Å²) >= 11 is 0. The van der Waals surface area contributed by atoms with Crippen molar-refractivity contribution in [1.82, 2.24) is 0 Å². The van der Waals surface area contributed by atoms with E-state index in [4.69, 9.17) is 23.5 Å². The van der Waals surface area contributed by atoms with Gasteiger partial charge in [-0.1, -0.05) is 111 Å². The standard InChI is InChI=1S/C37H54O12S/c1-3-5-7-9-11-13-14-15-16-18-20-22-24-26-33(39)48-30(27-46-32(38)25-23-21-19-17-12-10-8-6-4-2)28-47-37-36(42)35(41)34(40)31(49-37)29-50(43,44)45/h5-9,11-18,20-21,23,30-31,34-37,40-42H,3-4,10,19,22,24-29H2,1-2H3,(H,43,44,45)/b7-5+,8-6+,11-9+,14-13+,16-15+,17-12+,20-18+,23-21+/t30?,31-,34-,35?,36?,37+/m1/s1. The smallest absolute Gasteiger partial charge is 0.309 e. The Morgan fingerprint density at radius 2 is 1.30 bits per heavy atom. The summed E-state index contributed by atoms with van der Waals surface area (Å²) in [6, 6.07) is 0. The van der Waals surface area contributed by atoms with E-state index in [1.807, 2.05) is 72.9 Å². The number of ether oxygens (including phenoxy) is 4. The van der Waals surface area contributed by atoms with Gasteiger partial charge in [0.15, 0.2) is 12.4 Å². The Labute approximate surface area is 296 Å². The van der Waals surface area contributed by atoms with Gasteiger partial charge in [0.2, 0.25) is 0 Å². The summed E-state index contributed by atoms with van der Waals surface area (Å²) in [5.74, 6) is -2.26. The average Bonchev–Trinajstić information content (AvgIpc) is 3.07. The van der Waals surface area contributed by atoms with Crippen molar-refractivity contribution in [3.8, 4) is 0 Å². The third kappa shape index (κ3) is 22.3. The molecule has 6 atom stereocenters. The topological polar surface area (TPSA) is 186 Å². The Balaban J connectivity index is 2.71. The normalized spacial score (nSPS) is 22.9. The van der Waals surface area contributed by atoms with Crippen LogP contribution in [0.2, 0.25) is 0 Å². The molecule has 0 saturated carbocycles. The first-order chi connectivity index (χ1) is 24.0. The van der Waals surface area contributed by atoms with Crippen molar-refractivity contribution in [3.63, 3.8) is 0 Å². The molecule has 1 aliphatic heterocycles. The second-order valence-electron chi connectivity index (χ2n) is 11.2. The first-order valence-corrected chi connectivity index (χ1v) is 18.5. The van der Waals surface area contributed by atoms with Gasteiger partial charge >= 0.3 is 11.9 Å². The van der Waals surface area contributed by atoms with Gasteiger partial charge < -0.3 is 34.3 Å². The van der Waals surface area contributed by atoms with Gasteiger partial charge in [0.1, 0.15) is 36.8 Å². The maximum atomic E-state index is 12.6. The van der Waals surface area contributed by atoms with Crippen LogP contribution >= 0.6 is 0 Å². The first kappa shape index (κ1) is 44.6. The Hall–Kier alpha value is -3.43. The monoisotopic (exact) mass is 722 g/mol. The lowest BCUT2D eigenvalue weighted by molar-refractivity contribution is -0.297. The number of unbranched alkanes of at least 4 members (excludes halogenated alkanes) is 1. The average molecular weight is 723 g/mol. The van der Waals surface area contributed by atoms with Crippen molar-refractivity contribution >= 4 is 22.1 Å². The molecule has 1 saturated heterocycles. The van der Waals surface area contributed by atoms with Crippen LogP contribution in [-0.2, 0) is 38.7 Å². The molecule has 0 bridgehead atoms. The zero-order valence-electron chi connectivity index (χ0n) is 28.9. The second kappa shape index (κ2) is 27.3. The molecule has 3 unspecified atom stereocenters. The number of hydrogen-bond donors (Lipinski definition) is 4. The van der Waals surface area contributed by atoms with E-state index in [0.29, 0.717) is 19.3 Å². The quantitative estimate of drug-likeness (QED) is 0.0352. The van der Waals surface area contributed by atoms with Crippen molar-refractivity contribution in [1.29, 1.82) is 0 Å². The van der Waals surface area contributed by atoms with Crippen LogP contribution < -0.4 is 0 Å². The van der Waals surface area contributed by atoms with Gasteiger partial charge in [0, 0.05) is 6.42 Å². The molecule has 0 amide bonds. The minimum Gasteiger partial charge on any atom is -0.461 e. The minimum absolute atomic E-state index is 0.0273. The number of hydrogen-bond acceptors (Lipinski definition) is 11. The van der Waals surface area contributed by atoms with Gasteiger partial charge in [-0.3, -0.25) is 14.1 Å². The summed E-state index contributed by atoms with van der Waals surface area (Å²) in [7, 11) is -4.62. The van der Waals surface area contributed by atoms with E-state index in [2.05, 4.69) is 32.1 Å². The SMILES string of the molecule is CC/C=C/C=C/C=C/C=C/C=C/CCCC(=O)OC(COC(=O)C/C=C/C/C=C/C/C=C/CC)CO[C@H]1O[C@H](CS(=O)(=O)O)[C@@H](O)C(O)C1O. The number of esters is 2. The number of aliphatic hydroxyl groups is 3. The molecule has 0 aromatic rings. The molecule has 13 heteroatoms. The molecule has 0 spiro atoms. The summed E-state index contributed by atoms with van der Waals surface area (Å²) < 4.78 is 53.4. The predicted molar refractivity (Wildman–Crippen MR) is 191 cm³/mol. The second-order valence-corrected chi connectivity index (χ2v) is 12.7. The van der Waals surface area contributed by atoms with Gasteiger partial charge in [-0.15, -0.1) is 0 Å². The van der Waals surface area contributed by atoms with Crippen molar-refractivity contribution in [3.05, 3.63) is 97.2 Å². The first-order valence-electron chi connectivity index (χ1n) is 16.9. The molecule has 1 fully saturated rings. The number of rotatable bonds is 24. The van der Waals surface area contributed by atoms with E-state index in [1.54, 1.807) is 6.08 Å². The van der Waals surface area contributed by atoms with Crippen LogP contribution in [0.4, 0.5) is 0 Å². The molecule has 50 heavy (non-hydrogen) atoms. The molecule has 280 valence electrons. The van der Waals surface area contributed by atoms with E-state index < -0.39 is 77.8 Å². The fraction of sp³-hybridized carbons (Fsp3) is 0.514. The van der Waals surface area contributed by atoms with E-state index >= 15 is 0 Å². The molecule has 0 aromatic heterocycles. The van der Waals surface area contributed by atoms with E-state index in [9.17, 15) is 33.3 Å². The van der Waals surface area contributed by atoms with Crippen LogP contribution in [0, 0.1) is 0 Å². The zero-order chi connectivity index (χ0) is 37.0. The third-order valence-electron chi connectivity index (χ3n) is 6.82. The molecule has 0 aromatic carbocycles. The van der Waals surface area contributed by atoms with Crippen molar-refractivity contribution in [2.24, 2.45) is 0 Å². The summed E-state index contributed by atoms with van der Waals surface area (Å²) in [6.07, 6.45) is 25.4. The Morgan fingerprint density at radius 1 is 0.720 bits per heavy atom. The van der Waals surface area contributed by atoms with Gasteiger partial charge in [-0.2, -0.15) is 8.42 Å². The minimum atomic E-state index is -4.62. The highest BCUT2D eigenvalue weighted by Crippen LogP contribution is 2.23. The van der Waals surface area contributed by atoms with Crippen LogP contribution in [-0.4, -0.2) is 96.0 Å². The Bertz CT molecular complexity index is 1310. The van der Waals surface area contributed by atoms with Crippen molar-refractivity contribution < 1.29 is 56.8 Å². The molecule has 12 nitrogen and oxygen atoms in total. The molecular formula is C37H54O12S.